The van der Waals surface area contributed by atoms with Gasteiger partial charge in [-0.15, -0.1) is 0 Å². The summed E-state index contributed by atoms with van der Waals surface area (Å²) in [5.74, 6) is 0.205. The molecule has 3 rings (SSSR count). The summed E-state index contributed by atoms with van der Waals surface area (Å²) in [5.41, 5.74) is 1.31. The normalized spacial score (nSPS) is 17.2. The predicted octanol–water partition coefficient (Wildman–Crippen LogP) is 4.86. The third kappa shape index (κ3) is 3.85. The summed E-state index contributed by atoms with van der Waals surface area (Å²) in [6.07, 6.45) is 4.69. The second kappa shape index (κ2) is 7.70. The Labute approximate surface area is 151 Å². The van der Waals surface area contributed by atoms with Gasteiger partial charge >= 0.3 is 0 Å². The van der Waals surface area contributed by atoms with Gasteiger partial charge < -0.3 is 9.64 Å². The first-order chi connectivity index (χ1) is 12.1. The van der Waals surface area contributed by atoms with Crippen molar-refractivity contribution < 1.29 is 13.9 Å². The lowest BCUT2D eigenvalue weighted by Crippen LogP contribution is -2.28. The molecule has 0 radical (unpaired) electrons. The highest BCUT2D eigenvalue weighted by Crippen LogP contribution is 2.33. The maximum Gasteiger partial charge on any atom is 0.247 e. The highest BCUT2D eigenvalue weighted by Gasteiger charge is 2.28. The molecule has 1 fully saturated rings. The number of ether oxygens (including phenoxy) is 1. The van der Waals surface area contributed by atoms with Gasteiger partial charge in [-0.1, -0.05) is 29.8 Å². The number of benzene rings is 2. The van der Waals surface area contributed by atoms with Gasteiger partial charge in [-0.2, -0.15) is 0 Å². The quantitative estimate of drug-likeness (QED) is 0.729. The summed E-state index contributed by atoms with van der Waals surface area (Å²) < 4.78 is 19.0. The minimum Gasteiger partial charge on any atom is -0.497 e. The van der Waals surface area contributed by atoms with Crippen LogP contribution in [0.3, 0.4) is 0 Å². The van der Waals surface area contributed by atoms with E-state index < -0.39 is 5.82 Å². The second-order valence-electron chi connectivity index (χ2n) is 5.93. The van der Waals surface area contributed by atoms with Crippen molar-refractivity contribution in [3.8, 4) is 5.75 Å². The molecule has 1 atom stereocenters. The Hall–Kier alpha value is -2.33. The maximum absolute atomic E-state index is 13.8. The number of nitrogens with zero attached hydrogens (tertiary/aromatic N) is 1. The van der Waals surface area contributed by atoms with Gasteiger partial charge in [-0.25, -0.2) is 4.39 Å². The average molecular weight is 360 g/mol. The number of carbonyl (C=O) groups is 1. The van der Waals surface area contributed by atoms with E-state index in [-0.39, 0.29) is 22.5 Å². The summed E-state index contributed by atoms with van der Waals surface area (Å²) in [6.45, 7) is 0.685. The SMILES string of the molecule is COc1ccc(C2CCCN2C(=O)C=Cc2c(F)cccc2Cl)cc1. The predicted molar refractivity (Wildman–Crippen MR) is 97.1 cm³/mol. The molecule has 0 aliphatic carbocycles. The zero-order valence-electron chi connectivity index (χ0n) is 13.9. The third-order valence-corrected chi connectivity index (χ3v) is 4.76. The van der Waals surface area contributed by atoms with Crippen LogP contribution in [0.4, 0.5) is 4.39 Å². The van der Waals surface area contributed by atoms with Gasteiger partial charge in [0.15, 0.2) is 0 Å². The van der Waals surface area contributed by atoms with Crippen LogP contribution in [-0.2, 0) is 4.79 Å². The van der Waals surface area contributed by atoms with Crippen LogP contribution in [0, 0.1) is 5.82 Å². The number of likely N-dealkylation sites (tertiary alicyclic amines) is 1. The van der Waals surface area contributed by atoms with Crippen molar-refractivity contribution in [3.63, 3.8) is 0 Å². The monoisotopic (exact) mass is 359 g/mol. The third-order valence-electron chi connectivity index (χ3n) is 4.43. The average Bonchev–Trinajstić information content (AvgIpc) is 3.11. The zero-order valence-corrected chi connectivity index (χ0v) is 14.7. The van der Waals surface area contributed by atoms with Crippen LogP contribution in [-0.4, -0.2) is 24.5 Å². The smallest absolute Gasteiger partial charge is 0.247 e. The Morgan fingerprint density at radius 1 is 1.28 bits per heavy atom. The Bertz CT molecular complexity index is 769. The Morgan fingerprint density at radius 3 is 2.72 bits per heavy atom. The van der Waals surface area contributed by atoms with Crippen molar-refractivity contribution in [1.29, 1.82) is 0 Å². The lowest BCUT2D eigenvalue weighted by Gasteiger charge is -2.24. The number of methoxy groups -OCH3 is 1. The molecule has 5 heteroatoms. The van der Waals surface area contributed by atoms with Crippen LogP contribution < -0.4 is 4.74 Å². The van der Waals surface area contributed by atoms with Gasteiger partial charge in [0.2, 0.25) is 5.91 Å². The van der Waals surface area contributed by atoms with Crippen molar-refractivity contribution in [2.24, 2.45) is 0 Å². The van der Waals surface area contributed by atoms with Crippen molar-refractivity contribution in [3.05, 3.63) is 70.5 Å². The molecule has 25 heavy (non-hydrogen) atoms. The molecule has 0 saturated carbocycles. The molecule has 1 saturated heterocycles. The molecule has 130 valence electrons. The molecule has 1 aliphatic rings. The number of halogens is 2. The number of hydrogen-bond acceptors (Lipinski definition) is 2. The molecule has 2 aromatic rings. The standard InChI is InChI=1S/C20H19ClFNO2/c1-25-15-9-7-14(8-10-15)19-6-3-13-23(19)20(24)12-11-16-17(21)4-2-5-18(16)22/h2,4-5,7-12,19H,3,6,13H2,1H3. The van der Waals surface area contributed by atoms with E-state index in [4.69, 9.17) is 16.3 Å². The number of amides is 1. The van der Waals surface area contributed by atoms with Crippen LogP contribution in [0.5, 0.6) is 5.75 Å². The number of rotatable bonds is 4. The minimum absolute atomic E-state index is 0.0270. The molecule has 0 bridgehead atoms. The van der Waals surface area contributed by atoms with Gasteiger partial charge in [0.25, 0.3) is 0 Å². The highest BCUT2D eigenvalue weighted by molar-refractivity contribution is 6.32. The molecule has 1 aliphatic heterocycles. The lowest BCUT2D eigenvalue weighted by atomic mass is 10.0. The summed E-state index contributed by atoms with van der Waals surface area (Å²) in [5, 5.41) is 0.289. The Balaban J connectivity index is 1.77. The minimum atomic E-state index is -0.440. The fraction of sp³-hybridized carbons (Fsp3) is 0.250. The van der Waals surface area contributed by atoms with Gasteiger partial charge in [0, 0.05) is 18.2 Å². The first-order valence-electron chi connectivity index (χ1n) is 8.17. The van der Waals surface area contributed by atoms with E-state index in [0.29, 0.717) is 6.54 Å². The van der Waals surface area contributed by atoms with Crippen molar-refractivity contribution >= 4 is 23.6 Å². The largest absolute Gasteiger partial charge is 0.497 e. The van der Waals surface area contributed by atoms with E-state index in [0.717, 1.165) is 24.2 Å². The summed E-state index contributed by atoms with van der Waals surface area (Å²) in [4.78, 5) is 14.4. The van der Waals surface area contributed by atoms with E-state index in [1.54, 1.807) is 13.2 Å². The first-order valence-corrected chi connectivity index (χ1v) is 8.54. The zero-order chi connectivity index (χ0) is 17.8. The van der Waals surface area contributed by atoms with Crippen LogP contribution >= 0.6 is 11.6 Å². The molecular formula is C20H19ClFNO2. The molecule has 0 spiro atoms. The molecule has 1 unspecified atom stereocenters. The van der Waals surface area contributed by atoms with Crippen molar-refractivity contribution in [2.45, 2.75) is 18.9 Å². The van der Waals surface area contributed by atoms with Gasteiger partial charge in [-0.05, 0) is 48.7 Å². The van der Waals surface area contributed by atoms with Gasteiger partial charge in [0.1, 0.15) is 11.6 Å². The Morgan fingerprint density at radius 2 is 2.04 bits per heavy atom. The molecule has 1 heterocycles. The van der Waals surface area contributed by atoms with Gasteiger partial charge in [0.05, 0.1) is 18.2 Å². The molecule has 0 aromatic heterocycles. The van der Waals surface area contributed by atoms with Crippen LogP contribution in [0.25, 0.3) is 6.08 Å². The number of hydrogen-bond donors (Lipinski definition) is 0. The van der Waals surface area contributed by atoms with Crippen molar-refractivity contribution in [1.82, 2.24) is 4.90 Å². The molecule has 0 N–H and O–H groups in total. The van der Waals surface area contributed by atoms with E-state index in [9.17, 15) is 9.18 Å². The van der Waals surface area contributed by atoms with E-state index >= 15 is 0 Å². The maximum atomic E-state index is 13.8. The fourth-order valence-corrected chi connectivity index (χ4v) is 3.35. The number of carbonyl (C=O) groups excluding carboxylic acids is 1. The van der Waals surface area contributed by atoms with Crippen molar-refractivity contribution in [2.75, 3.05) is 13.7 Å². The first kappa shape index (κ1) is 17.5. The molecule has 3 nitrogen and oxygen atoms in total. The Kier molecular flexibility index (Phi) is 5.39. The highest BCUT2D eigenvalue weighted by atomic mass is 35.5. The van der Waals surface area contributed by atoms with E-state index in [2.05, 4.69) is 0 Å². The van der Waals surface area contributed by atoms with E-state index in [1.165, 1.54) is 24.3 Å². The van der Waals surface area contributed by atoms with Crippen LogP contribution in [0.1, 0.15) is 30.0 Å². The second-order valence-corrected chi connectivity index (χ2v) is 6.34. The molecule has 1 amide bonds. The summed E-state index contributed by atoms with van der Waals surface area (Å²) in [7, 11) is 1.62. The molecule has 2 aromatic carbocycles. The summed E-state index contributed by atoms with van der Waals surface area (Å²) in [6, 6.07) is 12.2. The summed E-state index contributed by atoms with van der Waals surface area (Å²) >= 11 is 6.00. The lowest BCUT2D eigenvalue weighted by molar-refractivity contribution is -0.126. The molecular weight excluding hydrogens is 341 g/mol. The van der Waals surface area contributed by atoms with Crippen LogP contribution in [0.2, 0.25) is 5.02 Å². The van der Waals surface area contributed by atoms with Gasteiger partial charge in [-0.3, -0.25) is 4.79 Å². The fourth-order valence-electron chi connectivity index (χ4n) is 3.12. The van der Waals surface area contributed by atoms with Crippen LogP contribution in [0.15, 0.2) is 48.5 Å². The van der Waals surface area contributed by atoms with E-state index in [1.807, 2.05) is 29.2 Å². The topological polar surface area (TPSA) is 29.5 Å².